The minimum atomic E-state index is -2.67. The van der Waals surface area contributed by atoms with Crippen LogP contribution in [0, 0.1) is 0 Å². The summed E-state index contributed by atoms with van der Waals surface area (Å²) in [5, 5.41) is -0.369. The van der Waals surface area contributed by atoms with Gasteiger partial charge in [-0.1, -0.05) is 17.7 Å². The van der Waals surface area contributed by atoms with Crippen molar-refractivity contribution < 1.29 is 18.4 Å². The predicted molar refractivity (Wildman–Crippen MR) is 98.1 cm³/mol. The number of rotatable bonds is 3. The molecule has 140 valence electrons. The maximum absolute atomic E-state index is 13.3. The van der Waals surface area contributed by atoms with E-state index in [1.54, 1.807) is 24.7 Å². The van der Waals surface area contributed by atoms with Crippen LogP contribution in [0.2, 0.25) is 0 Å². The Kier molecular flexibility index (Phi) is 4.55. The molecule has 2 amide bonds. The lowest BCUT2D eigenvalue weighted by Crippen LogP contribution is -2.29. The van der Waals surface area contributed by atoms with E-state index in [9.17, 15) is 18.4 Å². The molecule has 1 N–H and O–H groups in total. The van der Waals surface area contributed by atoms with E-state index >= 15 is 0 Å². The summed E-state index contributed by atoms with van der Waals surface area (Å²) >= 11 is 0.850. The highest BCUT2D eigenvalue weighted by Crippen LogP contribution is 2.42. The number of alkyl halides is 2. The normalized spacial score (nSPS) is 20.4. The maximum atomic E-state index is 13.3. The summed E-state index contributed by atoms with van der Waals surface area (Å²) in [7, 11) is 0. The predicted octanol–water partition coefficient (Wildman–Crippen LogP) is 4.13. The number of imide groups is 1. The van der Waals surface area contributed by atoms with E-state index in [-0.39, 0.29) is 37.5 Å². The highest BCUT2D eigenvalue weighted by Gasteiger charge is 2.40. The molecule has 0 bridgehead atoms. The van der Waals surface area contributed by atoms with E-state index in [0.717, 1.165) is 27.7 Å². The van der Waals surface area contributed by atoms with E-state index in [1.165, 1.54) is 0 Å². The number of hydrogen-bond acceptors (Lipinski definition) is 5. The number of H-pyrrole nitrogens is 1. The lowest BCUT2D eigenvalue weighted by Gasteiger charge is -2.24. The van der Waals surface area contributed by atoms with Gasteiger partial charge in [0, 0.05) is 25.6 Å². The third-order valence-electron chi connectivity index (χ3n) is 4.65. The number of pyridine rings is 1. The van der Waals surface area contributed by atoms with Crippen LogP contribution in [-0.4, -0.2) is 43.5 Å². The third-order valence-corrected chi connectivity index (χ3v) is 5.71. The zero-order chi connectivity index (χ0) is 19.0. The summed E-state index contributed by atoms with van der Waals surface area (Å²) in [6, 6.07) is 1.86. The Balaban J connectivity index is 1.45. The molecule has 1 saturated carbocycles. The molecular weight excluding hydrogens is 374 g/mol. The summed E-state index contributed by atoms with van der Waals surface area (Å²) in [5.74, 6) is -3.07. The summed E-state index contributed by atoms with van der Waals surface area (Å²) in [6.45, 7) is 0.124. The fraction of sp³-hybridized carbons (Fsp3) is 0.333. The Morgan fingerprint density at radius 2 is 2.04 bits per heavy atom. The highest BCUT2D eigenvalue weighted by atomic mass is 32.2. The van der Waals surface area contributed by atoms with Gasteiger partial charge >= 0.3 is 0 Å². The standard InChI is InChI=1S/C18H16F2N4O2S/c19-18(20)5-3-12(4-6-18)14-16(25)24(17(26)27-14)7-1-2-11-8-13-15(21-9-11)23-10-22-13/h1-2,8-10H,3-7H2,(H,21,22,23)/b2-1+. The van der Waals surface area contributed by atoms with Crippen LogP contribution in [-0.2, 0) is 4.79 Å². The average Bonchev–Trinajstić information content (AvgIpc) is 3.21. The Morgan fingerprint density at radius 1 is 1.26 bits per heavy atom. The number of halogens is 2. The summed E-state index contributed by atoms with van der Waals surface area (Å²) in [6.07, 6.45) is 6.47. The molecular formula is C18H16F2N4O2S. The van der Waals surface area contributed by atoms with Crippen molar-refractivity contribution >= 4 is 40.1 Å². The van der Waals surface area contributed by atoms with E-state index in [4.69, 9.17) is 0 Å². The van der Waals surface area contributed by atoms with Crippen LogP contribution < -0.4 is 0 Å². The Morgan fingerprint density at radius 3 is 2.81 bits per heavy atom. The Hall–Kier alpha value is -2.55. The molecule has 0 unspecified atom stereocenters. The quantitative estimate of drug-likeness (QED) is 0.797. The monoisotopic (exact) mass is 390 g/mol. The lowest BCUT2D eigenvalue weighted by atomic mass is 9.91. The molecule has 6 nitrogen and oxygen atoms in total. The van der Waals surface area contributed by atoms with Gasteiger partial charge in [-0.3, -0.25) is 14.5 Å². The number of imidazole rings is 1. The lowest BCUT2D eigenvalue weighted by molar-refractivity contribution is -0.122. The van der Waals surface area contributed by atoms with Crippen LogP contribution in [0.15, 0.2) is 35.1 Å². The summed E-state index contributed by atoms with van der Waals surface area (Å²) in [4.78, 5) is 37.4. The number of fused-ring (bicyclic) bond motifs is 1. The molecule has 27 heavy (non-hydrogen) atoms. The number of amides is 2. The number of aromatic nitrogens is 3. The van der Waals surface area contributed by atoms with Crippen molar-refractivity contribution in [2.75, 3.05) is 6.54 Å². The minimum Gasteiger partial charge on any atom is -0.343 e. The highest BCUT2D eigenvalue weighted by molar-refractivity contribution is 8.18. The van der Waals surface area contributed by atoms with Gasteiger partial charge in [-0.15, -0.1) is 0 Å². The van der Waals surface area contributed by atoms with Crippen LogP contribution >= 0.6 is 11.8 Å². The first-order valence-electron chi connectivity index (χ1n) is 8.52. The van der Waals surface area contributed by atoms with Crippen LogP contribution in [0.5, 0.6) is 0 Å². The minimum absolute atomic E-state index is 0.124. The molecule has 3 heterocycles. The zero-order valence-corrected chi connectivity index (χ0v) is 15.1. The molecule has 0 aromatic carbocycles. The zero-order valence-electron chi connectivity index (χ0n) is 14.2. The molecule has 0 spiro atoms. The number of allylic oxidation sites excluding steroid dienone is 1. The van der Waals surface area contributed by atoms with Crippen molar-refractivity contribution in [1.29, 1.82) is 0 Å². The third kappa shape index (κ3) is 3.64. The first-order valence-corrected chi connectivity index (χ1v) is 9.34. The molecule has 4 rings (SSSR count). The smallest absolute Gasteiger partial charge is 0.293 e. The van der Waals surface area contributed by atoms with Gasteiger partial charge in [0.25, 0.3) is 11.1 Å². The van der Waals surface area contributed by atoms with E-state index in [2.05, 4.69) is 15.0 Å². The van der Waals surface area contributed by atoms with E-state index in [1.807, 2.05) is 6.07 Å². The summed E-state index contributed by atoms with van der Waals surface area (Å²) in [5.41, 5.74) is 2.89. The van der Waals surface area contributed by atoms with Crippen molar-refractivity contribution in [3.63, 3.8) is 0 Å². The van der Waals surface area contributed by atoms with Crippen LogP contribution in [0.25, 0.3) is 17.2 Å². The van der Waals surface area contributed by atoms with Gasteiger partial charge in [0.1, 0.15) is 0 Å². The molecule has 1 saturated heterocycles. The average molecular weight is 390 g/mol. The van der Waals surface area contributed by atoms with Crippen LogP contribution in [0.4, 0.5) is 13.6 Å². The molecule has 0 atom stereocenters. The number of nitrogens with zero attached hydrogens (tertiary/aromatic N) is 3. The van der Waals surface area contributed by atoms with Gasteiger partial charge in [0.05, 0.1) is 16.7 Å². The van der Waals surface area contributed by atoms with Gasteiger partial charge in [-0.05, 0) is 36.2 Å². The largest absolute Gasteiger partial charge is 0.343 e. The van der Waals surface area contributed by atoms with Gasteiger partial charge < -0.3 is 4.98 Å². The molecule has 1 aliphatic carbocycles. The van der Waals surface area contributed by atoms with Gasteiger partial charge in [0.15, 0.2) is 5.65 Å². The number of hydrogen-bond donors (Lipinski definition) is 1. The second-order valence-corrected chi connectivity index (χ2v) is 7.48. The van der Waals surface area contributed by atoms with Crippen LogP contribution in [0.3, 0.4) is 0 Å². The summed E-state index contributed by atoms with van der Waals surface area (Å²) < 4.78 is 26.6. The van der Waals surface area contributed by atoms with Gasteiger partial charge in [-0.2, -0.15) is 0 Å². The number of thioether (sulfide) groups is 1. The van der Waals surface area contributed by atoms with Crippen molar-refractivity contribution in [2.24, 2.45) is 0 Å². The first-order chi connectivity index (χ1) is 12.9. The first kappa shape index (κ1) is 17.8. The van der Waals surface area contributed by atoms with Crippen molar-refractivity contribution in [1.82, 2.24) is 19.9 Å². The molecule has 2 aromatic rings. The number of carbonyl (C=O) groups is 2. The molecule has 2 aromatic heterocycles. The fourth-order valence-electron chi connectivity index (χ4n) is 3.15. The fourth-order valence-corrected chi connectivity index (χ4v) is 4.14. The van der Waals surface area contributed by atoms with Crippen molar-refractivity contribution in [3.05, 3.63) is 40.7 Å². The molecule has 1 aliphatic heterocycles. The van der Waals surface area contributed by atoms with E-state index < -0.39 is 11.8 Å². The maximum Gasteiger partial charge on any atom is 0.293 e. The molecule has 9 heteroatoms. The van der Waals surface area contributed by atoms with Gasteiger partial charge in [-0.25, -0.2) is 18.7 Å². The Labute approximate surface area is 157 Å². The van der Waals surface area contributed by atoms with Crippen LogP contribution in [0.1, 0.15) is 31.2 Å². The van der Waals surface area contributed by atoms with E-state index in [0.29, 0.717) is 16.1 Å². The molecule has 2 fully saturated rings. The number of carbonyl (C=O) groups excluding carboxylic acids is 2. The van der Waals surface area contributed by atoms with Crippen molar-refractivity contribution in [2.45, 2.75) is 31.6 Å². The van der Waals surface area contributed by atoms with Crippen molar-refractivity contribution in [3.8, 4) is 0 Å². The van der Waals surface area contributed by atoms with Gasteiger partial charge in [0.2, 0.25) is 5.92 Å². The number of aromatic amines is 1. The number of nitrogens with one attached hydrogen (secondary N) is 1. The second kappa shape index (κ2) is 6.88. The molecule has 2 aliphatic rings. The Bertz CT molecular complexity index is 971. The SMILES string of the molecule is O=C1SC(=C2CCC(F)(F)CC2)C(=O)N1C/C=C/c1cnc2nc[nH]c2c1. The topological polar surface area (TPSA) is 79.0 Å². The molecule has 0 radical (unpaired) electrons. The second-order valence-electron chi connectivity index (χ2n) is 6.52.